The minimum Gasteiger partial charge on any atom is -0.491 e. The second kappa shape index (κ2) is 6.83. The molecule has 2 aliphatic rings. The van der Waals surface area contributed by atoms with Crippen LogP contribution in [0.1, 0.15) is 50.3 Å². The van der Waals surface area contributed by atoms with Gasteiger partial charge in [0.15, 0.2) is 0 Å². The summed E-state index contributed by atoms with van der Waals surface area (Å²) in [7, 11) is 0. The molecule has 24 heavy (non-hydrogen) atoms. The first-order valence-electron chi connectivity index (χ1n) is 8.86. The Balaban J connectivity index is 1.65. The average Bonchev–Trinajstić information content (AvgIpc) is 3.13. The van der Waals surface area contributed by atoms with E-state index in [1.54, 1.807) is 0 Å². The molecule has 0 spiro atoms. The van der Waals surface area contributed by atoms with Crippen LogP contribution in [0.2, 0.25) is 0 Å². The van der Waals surface area contributed by atoms with E-state index in [1.807, 2.05) is 24.0 Å². The molecule has 2 amide bonds. The Labute approximate surface area is 143 Å². The van der Waals surface area contributed by atoms with Gasteiger partial charge in [0.1, 0.15) is 12.4 Å². The largest absolute Gasteiger partial charge is 0.491 e. The van der Waals surface area contributed by atoms with E-state index in [2.05, 4.69) is 25.2 Å². The molecular formula is C19H26N2O3. The Morgan fingerprint density at radius 3 is 2.83 bits per heavy atom. The first-order chi connectivity index (χ1) is 11.5. The molecule has 3 rings (SSSR count). The van der Waals surface area contributed by atoms with Crippen molar-refractivity contribution in [3.63, 3.8) is 0 Å². The van der Waals surface area contributed by atoms with Crippen LogP contribution in [-0.2, 0) is 9.59 Å². The van der Waals surface area contributed by atoms with Gasteiger partial charge in [0.05, 0.1) is 12.0 Å². The quantitative estimate of drug-likeness (QED) is 0.903. The van der Waals surface area contributed by atoms with Crippen molar-refractivity contribution >= 4 is 11.8 Å². The standard InChI is InChI=1S/C19H26N2O3/c1-4-14(5-2)21-10-13(9-18(21)22)19(23)20-16-11-24-17-7-6-12(3)8-15(16)17/h6-8,13-14,16H,4-5,9-11H2,1-3H3,(H,20,23)/t13-,16+/m1/s1. The van der Waals surface area contributed by atoms with Crippen LogP contribution in [0.5, 0.6) is 5.75 Å². The molecule has 0 radical (unpaired) electrons. The number of fused-ring (bicyclic) bond motifs is 1. The highest BCUT2D eigenvalue weighted by Gasteiger charge is 2.38. The zero-order valence-corrected chi connectivity index (χ0v) is 14.7. The van der Waals surface area contributed by atoms with E-state index in [9.17, 15) is 9.59 Å². The first-order valence-corrected chi connectivity index (χ1v) is 8.86. The number of hydrogen-bond donors (Lipinski definition) is 1. The topological polar surface area (TPSA) is 58.6 Å². The van der Waals surface area contributed by atoms with Gasteiger partial charge in [-0.1, -0.05) is 31.5 Å². The van der Waals surface area contributed by atoms with Gasteiger partial charge >= 0.3 is 0 Å². The van der Waals surface area contributed by atoms with Crippen molar-refractivity contribution in [2.45, 2.75) is 52.1 Å². The smallest absolute Gasteiger partial charge is 0.226 e. The van der Waals surface area contributed by atoms with Gasteiger partial charge in [-0.05, 0) is 25.8 Å². The van der Waals surface area contributed by atoms with Gasteiger partial charge in [-0.15, -0.1) is 0 Å². The van der Waals surface area contributed by atoms with E-state index in [0.29, 0.717) is 19.6 Å². The molecule has 5 nitrogen and oxygen atoms in total. The maximum atomic E-state index is 12.6. The number of amides is 2. The summed E-state index contributed by atoms with van der Waals surface area (Å²) in [5.74, 6) is 0.640. The van der Waals surface area contributed by atoms with Crippen molar-refractivity contribution in [3.05, 3.63) is 29.3 Å². The number of rotatable bonds is 5. The predicted octanol–water partition coefficient (Wildman–Crippen LogP) is 2.58. The average molecular weight is 330 g/mol. The summed E-state index contributed by atoms with van der Waals surface area (Å²) in [6, 6.07) is 6.14. The van der Waals surface area contributed by atoms with Crippen LogP contribution in [0, 0.1) is 12.8 Å². The molecule has 1 aromatic rings. The normalized spacial score (nSPS) is 22.7. The maximum absolute atomic E-state index is 12.6. The number of likely N-dealkylation sites (tertiary alicyclic amines) is 1. The lowest BCUT2D eigenvalue weighted by molar-refractivity contribution is -0.130. The van der Waals surface area contributed by atoms with Crippen molar-refractivity contribution in [2.75, 3.05) is 13.2 Å². The van der Waals surface area contributed by atoms with Crippen LogP contribution in [-0.4, -0.2) is 35.9 Å². The highest BCUT2D eigenvalue weighted by Crippen LogP contribution is 2.33. The molecular weight excluding hydrogens is 304 g/mol. The summed E-state index contributed by atoms with van der Waals surface area (Å²) in [6.07, 6.45) is 2.18. The third-order valence-corrected chi connectivity index (χ3v) is 5.18. The summed E-state index contributed by atoms with van der Waals surface area (Å²) >= 11 is 0. The molecule has 2 atom stereocenters. The first kappa shape index (κ1) is 16.8. The third kappa shape index (κ3) is 3.12. The molecule has 2 heterocycles. The van der Waals surface area contributed by atoms with E-state index in [4.69, 9.17) is 4.74 Å². The van der Waals surface area contributed by atoms with Crippen LogP contribution in [0.4, 0.5) is 0 Å². The second-order valence-corrected chi connectivity index (χ2v) is 6.83. The number of carbonyl (C=O) groups is 2. The van der Waals surface area contributed by atoms with Gasteiger partial charge in [0, 0.05) is 24.6 Å². The molecule has 1 N–H and O–H groups in total. The number of hydrogen-bond acceptors (Lipinski definition) is 3. The van der Waals surface area contributed by atoms with Crippen LogP contribution in [0.25, 0.3) is 0 Å². The number of carbonyl (C=O) groups excluding carboxylic acids is 2. The number of ether oxygens (including phenoxy) is 1. The Bertz CT molecular complexity index is 639. The summed E-state index contributed by atoms with van der Waals surface area (Å²) in [5, 5.41) is 3.08. The third-order valence-electron chi connectivity index (χ3n) is 5.18. The fourth-order valence-corrected chi connectivity index (χ4v) is 3.73. The van der Waals surface area contributed by atoms with Gasteiger partial charge < -0.3 is 15.0 Å². The second-order valence-electron chi connectivity index (χ2n) is 6.83. The fraction of sp³-hybridized carbons (Fsp3) is 0.579. The molecule has 1 fully saturated rings. The molecule has 5 heteroatoms. The molecule has 1 aromatic carbocycles. The number of nitrogens with zero attached hydrogens (tertiary/aromatic N) is 1. The lowest BCUT2D eigenvalue weighted by Gasteiger charge is -2.26. The zero-order chi connectivity index (χ0) is 17.3. The number of benzene rings is 1. The molecule has 0 unspecified atom stereocenters. The zero-order valence-electron chi connectivity index (χ0n) is 14.7. The lowest BCUT2D eigenvalue weighted by Crippen LogP contribution is -2.38. The number of nitrogens with one attached hydrogen (secondary N) is 1. The van der Waals surface area contributed by atoms with E-state index in [0.717, 1.165) is 29.7 Å². The SMILES string of the molecule is CCC(CC)N1C[C@H](C(=O)N[C@H]2COc3ccc(C)cc32)CC1=O. The molecule has 1 saturated heterocycles. The highest BCUT2D eigenvalue weighted by molar-refractivity contribution is 5.89. The monoisotopic (exact) mass is 330 g/mol. The van der Waals surface area contributed by atoms with Gasteiger partial charge in [-0.25, -0.2) is 0 Å². The minimum absolute atomic E-state index is 0.0419. The van der Waals surface area contributed by atoms with Crippen LogP contribution in [0.3, 0.4) is 0 Å². The molecule has 0 saturated carbocycles. The number of aryl methyl sites for hydroxylation is 1. The molecule has 0 aromatic heterocycles. The van der Waals surface area contributed by atoms with Crippen LogP contribution >= 0.6 is 0 Å². The van der Waals surface area contributed by atoms with Gasteiger partial charge in [0.25, 0.3) is 0 Å². The summed E-state index contributed by atoms with van der Waals surface area (Å²) < 4.78 is 5.65. The molecule has 2 aliphatic heterocycles. The van der Waals surface area contributed by atoms with E-state index >= 15 is 0 Å². The van der Waals surface area contributed by atoms with E-state index < -0.39 is 0 Å². The molecule has 0 bridgehead atoms. The molecule has 130 valence electrons. The minimum atomic E-state index is -0.257. The summed E-state index contributed by atoms with van der Waals surface area (Å²) in [4.78, 5) is 26.8. The van der Waals surface area contributed by atoms with Crippen molar-refractivity contribution in [3.8, 4) is 5.75 Å². The van der Waals surface area contributed by atoms with Crippen molar-refractivity contribution in [2.24, 2.45) is 5.92 Å². The Morgan fingerprint density at radius 1 is 1.38 bits per heavy atom. The Morgan fingerprint density at radius 2 is 2.12 bits per heavy atom. The summed E-state index contributed by atoms with van der Waals surface area (Å²) in [6.45, 7) is 7.20. The predicted molar refractivity (Wildman–Crippen MR) is 91.7 cm³/mol. The van der Waals surface area contributed by atoms with Crippen molar-refractivity contribution in [1.82, 2.24) is 10.2 Å². The van der Waals surface area contributed by atoms with Gasteiger partial charge in [0.2, 0.25) is 11.8 Å². The van der Waals surface area contributed by atoms with Gasteiger partial charge in [-0.2, -0.15) is 0 Å². The Kier molecular flexibility index (Phi) is 4.78. The van der Waals surface area contributed by atoms with Crippen molar-refractivity contribution in [1.29, 1.82) is 0 Å². The highest BCUT2D eigenvalue weighted by atomic mass is 16.5. The van der Waals surface area contributed by atoms with E-state index in [-0.39, 0.29) is 29.8 Å². The van der Waals surface area contributed by atoms with Crippen molar-refractivity contribution < 1.29 is 14.3 Å². The van der Waals surface area contributed by atoms with Gasteiger partial charge in [-0.3, -0.25) is 9.59 Å². The van der Waals surface area contributed by atoms with Crippen LogP contribution in [0.15, 0.2) is 18.2 Å². The lowest BCUT2D eigenvalue weighted by atomic mass is 10.0. The fourth-order valence-electron chi connectivity index (χ4n) is 3.73. The maximum Gasteiger partial charge on any atom is 0.226 e. The van der Waals surface area contributed by atoms with Crippen LogP contribution < -0.4 is 10.1 Å². The van der Waals surface area contributed by atoms with E-state index in [1.165, 1.54) is 0 Å². The summed E-state index contributed by atoms with van der Waals surface area (Å²) in [5.41, 5.74) is 2.18. The Hall–Kier alpha value is -2.04. The molecule has 0 aliphatic carbocycles.